The van der Waals surface area contributed by atoms with Gasteiger partial charge in [0, 0.05) is 43.4 Å². The van der Waals surface area contributed by atoms with Gasteiger partial charge < -0.3 is 16.2 Å². The Hall–Kier alpha value is -0.910. The van der Waals surface area contributed by atoms with Gasteiger partial charge in [-0.25, -0.2) is 0 Å². The summed E-state index contributed by atoms with van der Waals surface area (Å²) in [5, 5.41) is 12.8. The molecule has 0 aliphatic carbocycles. The summed E-state index contributed by atoms with van der Waals surface area (Å²) in [5.74, 6) is 1.22. The summed E-state index contributed by atoms with van der Waals surface area (Å²) < 4.78 is 0. The molecular weight excluding hydrogens is 234 g/mol. The Bertz CT molecular complexity index is 367. The fourth-order valence-corrected chi connectivity index (χ4v) is 2.79. The molecule has 1 saturated heterocycles. The lowest BCUT2D eigenvalue weighted by Gasteiger charge is -2.26. The SMILES string of the molecule is Nc1ccc(SCCN2CCNCC2)cc1O. The number of nitrogens with zero attached hydrogens (tertiary/aromatic N) is 1. The third-order valence-electron chi connectivity index (χ3n) is 2.89. The first-order valence-corrected chi connectivity index (χ1v) is 6.88. The lowest BCUT2D eigenvalue weighted by atomic mass is 10.3. The highest BCUT2D eigenvalue weighted by molar-refractivity contribution is 7.99. The molecule has 0 spiro atoms. The Balaban J connectivity index is 1.75. The molecule has 1 aliphatic heterocycles. The first-order chi connectivity index (χ1) is 8.25. The quantitative estimate of drug-likeness (QED) is 0.424. The van der Waals surface area contributed by atoms with E-state index in [4.69, 9.17) is 5.73 Å². The highest BCUT2D eigenvalue weighted by atomic mass is 32.2. The molecule has 0 radical (unpaired) electrons. The maximum atomic E-state index is 9.49. The van der Waals surface area contributed by atoms with Crippen LogP contribution in [0.2, 0.25) is 0 Å². The van der Waals surface area contributed by atoms with Crippen LogP contribution >= 0.6 is 11.8 Å². The Morgan fingerprint density at radius 2 is 2.12 bits per heavy atom. The van der Waals surface area contributed by atoms with Gasteiger partial charge in [0.2, 0.25) is 0 Å². The summed E-state index contributed by atoms with van der Waals surface area (Å²) in [6.07, 6.45) is 0. The number of piperazine rings is 1. The lowest BCUT2D eigenvalue weighted by molar-refractivity contribution is 0.255. The van der Waals surface area contributed by atoms with Crippen LogP contribution in [0.1, 0.15) is 0 Å². The third kappa shape index (κ3) is 3.80. The van der Waals surface area contributed by atoms with E-state index in [1.165, 1.54) is 0 Å². The van der Waals surface area contributed by atoms with E-state index in [0.717, 1.165) is 43.4 Å². The second-order valence-corrected chi connectivity index (χ2v) is 5.33. The molecule has 1 fully saturated rings. The second-order valence-electron chi connectivity index (χ2n) is 4.16. The number of anilines is 1. The van der Waals surface area contributed by atoms with Gasteiger partial charge in [0.15, 0.2) is 0 Å². The minimum Gasteiger partial charge on any atom is -0.506 e. The first kappa shape index (κ1) is 12.5. The molecule has 5 heteroatoms. The van der Waals surface area contributed by atoms with E-state index >= 15 is 0 Å². The molecule has 4 nitrogen and oxygen atoms in total. The number of hydrogen-bond donors (Lipinski definition) is 3. The van der Waals surface area contributed by atoms with Gasteiger partial charge in [-0.1, -0.05) is 0 Å². The number of nitrogens with one attached hydrogen (secondary N) is 1. The van der Waals surface area contributed by atoms with E-state index in [2.05, 4.69) is 10.2 Å². The van der Waals surface area contributed by atoms with E-state index in [9.17, 15) is 5.11 Å². The average Bonchev–Trinajstić information content (AvgIpc) is 2.35. The number of hydrogen-bond acceptors (Lipinski definition) is 5. The van der Waals surface area contributed by atoms with Gasteiger partial charge in [0.1, 0.15) is 5.75 Å². The molecule has 0 bridgehead atoms. The molecule has 0 saturated carbocycles. The monoisotopic (exact) mass is 253 g/mol. The minimum atomic E-state index is 0.178. The summed E-state index contributed by atoms with van der Waals surface area (Å²) in [4.78, 5) is 3.53. The number of nitrogens with two attached hydrogens (primary N) is 1. The number of phenols is 1. The Labute approximate surface area is 106 Å². The first-order valence-electron chi connectivity index (χ1n) is 5.90. The zero-order valence-corrected chi connectivity index (χ0v) is 10.7. The summed E-state index contributed by atoms with van der Waals surface area (Å²) >= 11 is 1.76. The normalized spacial score (nSPS) is 17.2. The van der Waals surface area contributed by atoms with Gasteiger partial charge in [-0.05, 0) is 18.2 Å². The predicted molar refractivity (Wildman–Crippen MR) is 72.6 cm³/mol. The van der Waals surface area contributed by atoms with Crippen molar-refractivity contribution in [3.63, 3.8) is 0 Å². The molecule has 4 N–H and O–H groups in total. The van der Waals surface area contributed by atoms with Crippen molar-refractivity contribution in [1.82, 2.24) is 10.2 Å². The van der Waals surface area contributed by atoms with E-state index in [-0.39, 0.29) is 5.75 Å². The Morgan fingerprint density at radius 3 is 2.82 bits per heavy atom. The second kappa shape index (κ2) is 6.14. The van der Waals surface area contributed by atoms with Crippen LogP contribution in [-0.2, 0) is 0 Å². The Kier molecular flexibility index (Phi) is 4.53. The van der Waals surface area contributed by atoms with E-state index in [0.29, 0.717) is 5.69 Å². The van der Waals surface area contributed by atoms with Gasteiger partial charge in [0.05, 0.1) is 5.69 Å². The number of nitrogen functional groups attached to an aromatic ring is 1. The van der Waals surface area contributed by atoms with Crippen molar-refractivity contribution in [2.75, 3.05) is 44.2 Å². The molecule has 0 aromatic heterocycles. The number of rotatable bonds is 4. The maximum absolute atomic E-state index is 9.49. The van der Waals surface area contributed by atoms with Crippen molar-refractivity contribution in [2.45, 2.75) is 4.90 Å². The molecule has 0 amide bonds. The smallest absolute Gasteiger partial charge is 0.139 e. The van der Waals surface area contributed by atoms with Crippen LogP contribution in [0, 0.1) is 0 Å². The topological polar surface area (TPSA) is 61.5 Å². The van der Waals surface area contributed by atoms with Gasteiger partial charge >= 0.3 is 0 Å². The largest absolute Gasteiger partial charge is 0.506 e. The fraction of sp³-hybridized carbons (Fsp3) is 0.500. The maximum Gasteiger partial charge on any atom is 0.139 e. The summed E-state index contributed by atoms with van der Waals surface area (Å²) in [5.41, 5.74) is 6.00. The molecule has 0 atom stereocenters. The van der Waals surface area contributed by atoms with Crippen LogP contribution in [0.3, 0.4) is 0 Å². The highest BCUT2D eigenvalue weighted by Gasteiger charge is 2.08. The average molecular weight is 253 g/mol. The summed E-state index contributed by atoms with van der Waals surface area (Å²) in [6.45, 7) is 5.54. The molecular formula is C12H19N3OS. The van der Waals surface area contributed by atoms with Crippen LogP contribution in [0.5, 0.6) is 5.75 Å². The standard InChI is InChI=1S/C12H19N3OS/c13-11-2-1-10(9-12(11)16)17-8-7-15-5-3-14-4-6-15/h1-2,9,14,16H,3-8,13H2. The number of thioether (sulfide) groups is 1. The van der Waals surface area contributed by atoms with E-state index < -0.39 is 0 Å². The zero-order valence-electron chi connectivity index (χ0n) is 9.85. The minimum absolute atomic E-state index is 0.178. The van der Waals surface area contributed by atoms with Crippen LogP contribution in [0.25, 0.3) is 0 Å². The van der Waals surface area contributed by atoms with Crippen molar-refractivity contribution in [2.24, 2.45) is 0 Å². The number of benzene rings is 1. The molecule has 1 aromatic rings. The fourth-order valence-electron chi connectivity index (χ4n) is 1.84. The van der Waals surface area contributed by atoms with Gasteiger partial charge in [-0.15, -0.1) is 11.8 Å². The molecule has 1 aliphatic rings. The van der Waals surface area contributed by atoms with Crippen molar-refractivity contribution in [3.8, 4) is 5.75 Å². The molecule has 1 heterocycles. The zero-order chi connectivity index (χ0) is 12.1. The molecule has 2 rings (SSSR count). The number of aromatic hydroxyl groups is 1. The van der Waals surface area contributed by atoms with Crippen LogP contribution in [0.4, 0.5) is 5.69 Å². The van der Waals surface area contributed by atoms with Crippen LogP contribution < -0.4 is 11.1 Å². The third-order valence-corrected chi connectivity index (χ3v) is 3.86. The van der Waals surface area contributed by atoms with Crippen LogP contribution in [-0.4, -0.2) is 48.5 Å². The molecule has 0 unspecified atom stereocenters. The highest BCUT2D eigenvalue weighted by Crippen LogP contribution is 2.27. The summed E-state index contributed by atoms with van der Waals surface area (Å²) in [6, 6.07) is 5.44. The van der Waals surface area contributed by atoms with Gasteiger partial charge in [0.25, 0.3) is 0 Å². The Morgan fingerprint density at radius 1 is 1.35 bits per heavy atom. The number of phenolic OH excluding ortho intramolecular Hbond substituents is 1. The predicted octanol–water partition coefficient (Wildman–Crippen LogP) is 0.972. The molecule has 1 aromatic carbocycles. The van der Waals surface area contributed by atoms with Gasteiger partial charge in [-0.3, -0.25) is 4.90 Å². The summed E-state index contributed by atoms with van der Waals surface area (Å²) in [7, 11) is 0. The molecule has 94 valence electrons. The molecule has 17 heavy (non-hydrogen) atoms. The van der Waals surface area contributed by atoms with E-state index in [1.807, 2.05) is 6.07 Å². The van der Waals surface area contributed by atoms with Crippen LogP contribution in [0.15, 0.2) is 23.1 Å². The van der Waals surface area contributed by atoms with Crippen molar-refractivity contribution < 1.29 is 5.11 Å². The lowest BCUT2D eigenvalue weighted by Crippen LogP contribution is -2.44. The van der Waals surface area contributed by atoms with E-state index in [1.54, 1.807) is 23.9 Å². The van der Waals surface area contributed by atoms with Crippen molar-refractivity contribution in [1.29, 1.82) is 0 Å². The van der Waals surface area contributed by atoms with Crippen molar-refractivity contribution >= 4 is 17.4 Å². The van der Waals surface area contributed by atoms with Gasteiger partial charge in [-0.2, -0.15) is 0 Å². The van der Waals surface area contributed by atoms with Crippen molar-refractivity contribution in [3.05, 3.63) is 18.2 Å².